The van der Waals surface area contributed by atoms with E-state index in [9.17, 15) is 8.42 Å². The van der Waals surface area contributed by atoms with Crippen LogP contribution in [0.15, 0.2) is 23.1 Å². The predicted octanol–water partition coefficient (Wildman–Crippen LogP) is 3.23. The van der Waals surface area contributed by atoms with Crippen molar-refractivity contribution in [3.05, 3.63) is 23.2 Å². The van der Waals surface area contributed by atoms with Gasteiger partial charge in [0.1, 0.15) is 0 Å². The zero-order chi connectivity index (χ0) is 14.0. The van der Waals surface area contributed by atoms with Gasteiger partial charge < -0.3 is 5.73 Å². The number of nitrogen functional groups attached to an aromatic ring is 1. The Morgan fingerprint density at radius 3 is 2.44 bits per heavy atom. The molecule has 0 radical (unpaired) electrons. The minimum atomic E-state index is -3.10. The highest BCUT2D eigenvalue weighted by atomic mass is 35.5. The van der Waals surface area contributed by atoms with Crippen LogP contribution in [0.25, 0.3) is 0 Å². The highest BCUT2D eigenvalue weighted by Gasteiger charge is 2.28. The second-order valence-corrected chi connectivity index (χ2v) is 9.31. The topological polar surface area (TPSA) is 60.2 Å². The maximum absolute atomic E-state index is 11.9. The summed E-state index contributed by atoms with van der Waals surface area (Å²) < 4.78 is 23.1. The summed E-state index contributed by atoms with van der Waals surface area (Å²) in [4.78, 5) is 0.753. The zero-order valence-corrected chi connectivity index (χ0v) is 13.1. The molecule has 0 atom stereocenters. The summed E-state index contributed by atoms with van der Waals surface area (Å²) >= 11 is 7.40. The first-order valence-electron chi connectivity index (χ1n) is 5.54. The number of halogens is 1. The third kappa shape index (κ3) is 3.80. The van der Waals surface area contributed by atoms with Crippen LogP contribution in [0.5, 0.6) is 0 Å². The van der Waals surface area contributed by atoms with Crippen molar-refractivity contribution in [2.75, 3.05) is 17.2 Å². The molecule has 0 bridgehead atoms. The lowest BCUT2D eigenvalue weighted by Gasteiger charge is -2.19. The van der Waals surface area contributed by atoms with Gasteiger partial charge in [-0.25, -0.2) is 8.42 Å². The summed E-state index contributed by atoms with van der Waals surface area (Å²) in [6.45, 7) is 5.12. The van der Waals surface area contributed by atoms with Crippen LogP contribution in [0.1, 0.15) is 20.8 Å². The molecule has 0 aliphatic heterocycles. The molecule has 0 heterocycles. The third-order valence-corrected chi connectivity index (χ3v) is 6.97. The van der Waals surface area contributed by atoms with Gasteiger partial charge in [-0.3, -0.25) is 0 Å². The van der Waals surface area contributed by atoms with Gasteiger partial charge in [0, 0.05) is 16.3 Å². The van der Waals surface area contributed by atoms with Crippen molar-refractivity contribution in [1.29, 1.82) is 0 Å². The number of hydrogen-bond donors (Lipinski definition) is 1. The number of sulfone groups is 1. The monoisotopic (exact) mass is 307 g/mol. The molecule has 102 valence electrons. The summed E-state index contributed by atoms with van der Waals surface area (Å²) in [5.41, 5.74) is 6.39. The Balaban J connectivity index is 2.69. The SMILES string of the molecule is CC(C)(C)S(=O)(=O)CCSc1c(N)cccc1Cl. The minimum absolute atomic E-state index is 0.117. The van der Waals surface area contributed by atoms with Crippen LogP contribution in [0, 0.1) is 0 Å². The number of nitrogens with two attached hydrogens (primary N) is 1. The molecule has 3 nitrogen and oxygen atoms in total. The van der Waals surface area contributed by atoms with Gasteiger partial charge in [0.15, 0.2) is 9.84 Å². The van der Waals surface area contributed by atoms with Gasteiger partial charge in [-0.15, -0.1) is 11.8 Å². The number of anilines is 1. The molecule has 1 aromatic carbocycles. The van der Waals surface area contributed by atoms with E-state index in [1.54, 1.807) is 39.0 Å². The molecule has 0 saturated heterocycles. The Labute approximate surface area is 118 Å². The molecule has 0 fully saturated rings. The summed E-state index contributed by atoms with van der Waals surface area (Å²) in [6, 6.07) is 5.28. The molecule has 0 unspecified atom stereocenters. The minimum Gasteiger partial charge on any atom is -0.398 e. The lowest BCUT2D eigenvalue weighted by Crippen LogP contribution is -2.31. The standard InChI is InChI=1S/C12H18ClNO2S2/c1-12(2,3)18(15,16)8-7-17-11-9(13)5-4-6-10(11)14/h4-6H,7-8,14H2,1-3H3. The second kappa shape index (κ2) is 5.72. The average molecular weight is 308 g/mol. The van der Waals surface area contributed by atoms with E-state index in [0.29, 0.717) is 16.5 Å². The van der Waals surface area contributed by atoms with Crippen molar-refractivity contribution in [2.24, 2.45) is 0 Å². The lowest BCUT2D eigenvalue weighted by atomic mass is 10.3. The van der Waals surface area contributed by atoms with Gasteiger partial charge in [0.05, 0.1) is 15.5 Å². The molecular formula is C12H18ClNO2S2. The Hall–Kier alpha value is -0.390. The van der Waals surface area contributed by atoms with Crippen molar-refractivity contribution in [3.63, 3.8) is 0 Å². The molecule has 1 rings (SSSR count). The average Bonchev–Trinajstić information content (AvgIpc) is 2.20. The molecule has 0 amide bonds. The van der Waals surface area contributed by atoms with Gasteiger partial charge in [-0.05, 0) is 32.9 Å². The maximum Gasteiger partial charge on any atom is 0.156 e. The fourth-order valence-corrected chi connectivity index (χ4v) is 4.05. The molecule has 0 spiro atoms. The van der Waals surface area contributed by atoms with Gasteiger partial charge >= 0.3 is 0 Å². The van der Waals surface area contributed by atoms with E-state index in [1.807, 2.05) is 0 Å². The highest BCUT2D eigenvalue weighted by Crippen LogP contribution is 2.32. The van der Waals surface area contributed by atoms with Crippen molar-refractivity contribution in [1.82, 2.24) is 0 Å². The molecule has 18 heavy (non-hydrogen) atoms. The van der Waals surface area contributed by atoms with Crippen molar-refractivity contribution >= 4 is 38.9 Å². The van der Waals surface area contributed by atoms with Crippen LogP contribution in [0.2, 0.25) is 5.02 Å². The van der Waals surface area contributed by atoms with Crippen LogP contribution >= 0.6 is 23.4 Å². The lowest BCUT2D eigenvalue weighted by molar-refractivity contribution is 0.562. The van der Waals surface area contributed by atoms with Crippen molar-refractivity contribution in [2.45, 2.75) is 30.4 Å². The van der Waals surface area contributed by atoms with Gasteiger partial charge in [0.25, 0.3) is 0 Å². The van der Waals surface area contributed by atoms with E-state index in [4.69, 9.17) is 17.3 Å². The fourth-order valence-electron chi connectivity index (χ4n) is 1.24. The normalized spacial score (nSPS) is 12.7. The first kappa shape index (κ1) is 15.7. The van der Waals surface area contributed by atoms with Gasteiger partial charge in [-0.2, -0.15) is 0 Å². The van der Waals surface area contributed by atoms with Crippen LogP contribution < -0.4 is 5.73 Å². The number of hydrogen-bond acceptors (Lipinski definition) is 4. The summed E-state index contributed by atoms with van der Waals surface area (Å²) in [7, 11) is -3.10. The molecule has 0 aromatic heterocycles. The predicted molar refractivity (Wildman–Crippen MR) is 80.1 cm³/mol. The zero-order valence-electron chi connectivity index (χ0n) is 10.7. The molecule has 1 aromatic rings. The third-order valence-electron chi connectivity index (χ3n) is 2.53. The number of rotatable bonds is 4. The Kier molecular flexibility index (Phi) is 4.98. The largest absolute Gasteiger partial charge is 0.398 e. The van der Waals surface area contributed by atoms with Crippen molar-refractivity contribution in [3.8, 4) is 0 Å². The summed E-state index contributed by atoms with van der Waals surface area (Å²) in [5, 5.41) is 0.563. The first-order valence-corrected chi connectivity index (χ1v) is 8.56. The van der Waals surface area contributed by atoms with E-state index >= 15 is 0 Å². The van der Waals surface area contributed by atoms with Gasteiger partial charge in [-0.1, -0.05) is 17.7 Å². The Morgan fingerprint density at radius 1 is 1.33 bits per heavy atom. The molecule has 0 aliphatic rings. The first-order chi connectivity index (χ1) is 8.15. The van der Waals surface area contributed by atoms with E-state index < -0.39 is 14.6 Å². The molecule has 0 saturated carbocycles. The molecule has 0 aliphatic carbocycles. The maximum atomic E-state index is 11.9. The van der Waals surface area contributed by atoms with Crippen molar-refractivity contribution < 1.29 is 8.42 Å². The fraction of sp³-hybridized carbons (Fsp3) is 0.500. The van der Waals surface area contributed by atoms with Gasteiger partial charge in [0.2, 0.25) is 0 Å². The van der Waals surface area contributed by atoms with E-state index in [-0.39, 0.29) is 5.75 Å². The Bertz CT molecular complexity index is 501. The number of benzene rings is 1. The van der Waals surface area contributed by atoms with Crippen LogP contribution in [-0.4, -0.2) is 24.7 Å². The molecular weight excluding hydrogens is 290 g/mol. The quantitative estimate of drug-likeness (QED) is 0.685. The Morgan fingerprint density at radius 2 is 1.94 bits per heavy atom. The smallest absolute Gasteiger partial charge is 0.156 e. The summed E-state index contributed by atoms with van der Waals surface area (Å²) in [5.74, 6) is 0.569. The van der Waals surface area contributed by atoms with Crippen LogP contribution in [-0.2, 0) is 9.84 Å². The van der Waals surface area contributed by atoms with Crippen LogP contribution in [0.3, 0.4) is 0 Å². The van der Waals surface area contributed by atoms with E-state index in [1.165, 1.54) is 11.8 Å². The van der Waals surface area contributed by atoms with E-state index in [0.717, 1.165) is 4.90 Å². The summed E-state index contributed by atoms with van der Waals surface area (Å²) in [6.07, 6.45) is 0. The van der Waals surface area contributed by atoms with Crippen LogP contribution in [0.4, 0.5) is 5.69 Å². The molecule has 2 N–H and O–H groups in total. The van der Waals surface area contributed by atoms with E-state index in [2.05, 4.69) is 0 Å². The highest BCUT2D eigenvalue weighted by molar-refractivity contribution is 8.01. The second-order valence-electron chi connectivity index (χ2n) is 4.94. The number of thioether (sulfide) groups is 1. The molecule has 6 heteroatoms.